The first-order chi connectivity index (χ1) is 9.04. The Bertz CT molecular complexity index is 389. The van der Waals surface area contributed by atoms with Crippen molar-refractivity contribution in [3.05, 3.63) is 29.8 Å². The monoisotopic (exact) mass is 263 g/mol. The number of hydrogen-bond acceptors (Lipinski definition) is 3. The van der Waals surface area contributed by atoms with Crippen LogP contribution in [0.4, 0.5) is 0 Å². The van der Waals surface area contributed by atoms with Crippen LogP contribution < -0.4 is 10.5 Å². The summed E-state index contributed by atoms with van der Waals surface area (Å²) in [6.07, 6.45) is 2.42. The molecule has 1 rings (SSSR count). The molecule has 4 nitrogen and oxygen atoms in total. The molecule has 19 heavy (non-hydrogen) atoms. The number of rotatable bonds is 8. The molecule has 0 heterocycles. The number of nitrogens with two attached hydrogens (primary N) is 1. The molecule has 0 amide bonds. The summed E-state index contributed by atoms with van der Waals surface area (Å²) in [5.74, 6) is 0.904. The van der Waals surface area contributed by atoms with Gasteiger partial charge in [0.2, 0.25) is 0 Å². The average Bonchev–Trinajstić information content (AvgIpc) is 2.39. The molecule has 1 unspecified atom stereocenters. The summed E-state index contributed by atoms with van der Waals surface area (Å²) in [5, 5.41) is 7.32. The second kappa shape index (κ2) is 7.79. The van der Waals surface area contributed by atoms with Crippen molar-refractivity contribution in [2.45, 2.75) is 32.7 Å². The van der Waals surface area contributed by atoms with Gasteiger partial charge in [0.05, 0.1) is 0 Å². The SMILES string of the molecule is CCCC(C)N(C)CCOc1ccc(C(=N)N)cc1. The fraction of sp³-hybridized carbons (Fsp3) is 0.533. The molecule has 0 aliphatic carbocycles. The largest absolute Gasteiger partial charge is 0.492 e. The molecule has 0 radical (unpaired) electrons. The number of nitrogens with zero attached hydrogens (tertiary/aromatic N) is 1. The van der Waals surface area contributed by atoms with Crippen LogP contribution in [0.3, 0.4) is 0 Å². The summed E-state index contributed by atoms with van der Waals surface area (Å²) in [5.41, 5.74) is 6.12. The van der Waals surface area contributed by atoms with Crippen molar-refractivity contribution >= 4 is 5.84 Å². The molecule has 0 aliphatic rings. The lowest BCUT2D eigenvalue weighted by atomic mass is 10.2. The van der Waals surface area contributed by atoms with Crippen LogP contribution in [-0.4, -0.2) is 37.0 Å². The molecule has 4 heteroatoms. The minimum absolute atomic E-state index is 0.0830. The second-order valence-electron chi connectivity index (χ2n) is 4.90. The molecule has 0 saturated carbocycles. The number of ether oxygens (including phenoxy) is 1. The van der Waals surface area contributed by atoms with E-state index in [9.17, 15) is 0 Å². The number of likely N-dealkylation sites (N-methyl/N-ethyl adjacent to an activating group) is 1. The van der Waals surface area contributed by atoms with Crippen LogP contribution in [0, 0.1) is 5.41 Å². The van der Waals surface area contributed by atoms with Crippen LogP contribution >= 0.6 is 0 Å². The molecular formula is C15H25N3O. The van der Waals surface area contributed by atoms with E-state index in [-0.39, 0.29) is 5.84 Å². The first kappa shape index (κ1) is 15.5. The summed E-state index contributed by atoms with van der Waals surface area (Å²) in [6.45, 7) is 6.03. The quantitative estimate of drug-likeness (QED) is 0.559. The third kappa shape index (κ3) is 5.30. The van der Waals surface area contributed by atoms with Crippen molar-refractivity contribution in [1.29, 1.82) is 5.41 Å². The highest BCUT2D eigenvalue weighted by molar-refractivity contribution is 5.94. The van der Waals surface area contributed by atoms with Crippen molar-refractivity contribution in [1.82, 2.24) is 4.90 Å². The first-order valence-corrected chi connectivity index (χ1v) is 6.82. The highest BCUT2D eigenvalue weighted by atomic mass is 16.5. The molecular weight excluding hydrogens is 238 g/mol. The minimum Gasteiger partial charge on any atom is -0.492 e. The van der Waals surface area contributed by atoms with Gasteiger partial charge in [-0.15, -0.1) is 0 Å². The molecule has 3 N–H and O–H groups in total. The van der Waals surface area contributed by atoms with E-state index >= 15 is 0 Å². The van der Waals surface area contributed by atoms with Crippen molar-refractivity contribution in [3.8, 4) is 5.75 Å². The molecule has 0 bridgehead atoms. The van der Waals surface area contributed by atoms with Gasteiger partial charge in [-0.05, 0) is 44.7 Å². The van der Waals surface area contributed by atoms with E-state index in [0.717, 1.165) is 17.9 Å². The number of nitrogen functional groups attached to an aromatic ring is 1. The van der Waals surface area contributed by atoms with Crippen LogP contribution in [-0.2, 0) is 0 Å². The van der Waals surface area contributed by atoms with E-state index < -0.39 is 0 Å². The van der Waals surface area contributed by atoms with Crippen molar-refractivity contribution < 1.29 is 4.74 Å². The van der Waals surface area contributed by atoms with E-state index in [0.29, 0.717) is 12.6 Å². The van der Waals surface area contributed by atoms with E-state index in [1.54, 1.807) is 12.1 Å². The fourth-order valence-electron chi connectivity index (χ4n) is 1.90. The molecule has 0 spiro atoms. The maximum Gasteiger partial charge on any atom is 0.122 e. The van der Waals surface area contributed by atoms with Crippen molar-refractivity contribution in [2.24, 2.45) is 5.73 Å². The van der Waals surface area contributed by atoms with Gasteiger partial charge in [-0.2, -0.15) is 0 Å². The van der Waals surface area contributed by atoms with Gasteiger partial charge in [0, 0.05) is 18.2 Å². The van der Waals surface area contributed by atoms with Gasteiger partial charge in [0.25, 0.3) is 0 Å². The zero-order valence-corrected chi connectivity index (χ0v) is 12.1. The zero-order chi connectivity index (χ0) is 14.3. The maximum atomic E-state index is 7.32. The highest BCUT2D eigenvalue weighted by Crippen LogP contribution is 2.12. The smallest absolute Gasteiger partial charge is 0.122 e. The van der Waals surface area contributed by atoms with Gasteiger partial charge in [0.15, 0.2) is 0 Å². The normalized spacial score (nSPS) is 12.4. The zero-order valence-electron chi connectivity index (χ0n) is 12.1. The van der Waals surface area contributed by atoms with Crippen LogP contribution in [0.25, 0.3) is 0 Å². The lowest BCUT2D eigenvalue weighted by Crippen LogP contribution is -2.32. The topological polar surface area (TPSA) is 62.3 Å². The predicted octanol–water partition coefficient (Wildman–Crippen LogP) is 2.47. The Balaban J connectivity index is 2.34. The van der Waals surface area contributed by atoms with E-state index in [2.05, 4.69) is 25.8 Å². The van der Waals surface area contributed by atoms with Gasteiger partial charge in [0.1, 0.15) is 18.2 Å². The molecule has 0 aromatic heterocycles. The number of amidine groups is 1. The van der Waals surface area contributed by atoms with Gasteiger partial charge in [-0.1, -0.05) is 13.3 Å². The maximum absolute atomic E-state index is 7.32. The van der Waals surface area contributed by atoms with E-state index in [1.165, 1.54) is 12.8 Å². The Labute approximate surface area is 116 Å². The molecule has 0 fully saturated rings. The average molecular weight is 263 g/mol. The summed E-state index contributed by atoms with van der Waals surface area (Å²) in [7, 11) is 2.13. The van der Waals surface area contributed by atoms with E-state index in [4.69, 9.17) is 15.9 Å². The Morgan fingerprint density at radius 1 is 1.37 bits per heavy atom. The Morgan fingerprint density at radius 2 is 2.00 bits per heavy atom. The van der Waals surface area contributed by atoms with E-state index in [1.807, 2.05) is 12.1 Å². The van der Waals surface area contributed by atoms with Crippen LogP contribution in [0.15, 0.2) is 24.3 Å². The van der Waals surface area contributed by atoms with Crippen LogP contribution in [0.1, 0.15) is 32.3 Å². The van der Waals surface area contributed by atoms with Gasteiger partial charge in [-0.3, -0.25) is 5.41 Å². The van der Waals surface area contributed by atoms with Gasteiger partial charge >= 0.3 is 0 Å². The van der Waals surface area contributed by atoms with Crippen LogP contribution in [0.5, 0.6) is 5.75 Å². The lowest BCUT2D eigenvalue weighted by molar-refractivity contribution is 0.193. The number of hydrogen-bond donors (Lipinski definition) is 2. The minimum atomic E-state index is 0.0830. The fourth-order valence-corrected chi connectivity index (χ4v) is 1.90. The van der Waals surface area contributed by atoms with Gasteiger partial charge in [-0.25, -0.2) is 0 Å². The molecule has 1 aromatic carbocycles. The third-order valence-electron chi connectivity index (χ3n) is 3.34. The number of benzene rings is 1. The molecule has 0 aliphatic heterocycles. The predicted molar refractivity (Wildman–Crippen MR) is 80.0 cm³/mol. The third-order valence-corrected chi connectivity index (χ3v) is 3.34. The van der Waals surface area contributed by atoms with Crippen molar-refractivity contribution in [3.63, 3.8) is 0 Å². The Hall–Kier alpha value is -1.55. The first-order valence-electron chi connectivity index (χ1n) is 6.82. The van der Waals surface area contributed by atoms with Crippen LogP contribution in [0.2, 0.25) is 0 Å². The highest BCUT2D eigenvalue weighted by Gasteiger charge is 2.07. The molecule has 106 valence electrons. The summed E-state index contributed by atoms with van der Waals surface area (Å²) in [4.78, 5) is 2.31. The summed E-state index contributed by atoms with van der Waals surface area (Å²) in [6, 6.07) is 7.91. The summed E-state index contributed by atoms with van der Waals surface area (Å²) < 4.78 is 5.69. The summed E-state index contributed by atoms with van der Waals surface area (Å²) >= 11 is 0. The second-order valence-corrected chi connectivity index (χ2v) is 4.90. The Morgan fingerprint density at radius 3 is 2.53 bits per heavy atom. The standard InChI is InChI=1S/C15H25N3O/c1-4-5-12(2)18(3)10-11-19-14-8-6-13(7-9-14)15(16)17/h6-9,12H,4-5,10-11H2,1-3H3,(H3,16,17). The Kier molecular flexibility index (Phi) is 6.36. The molecule has 1 atom stereocenters. The molecule has 1 aromatic rings. The lowest BCUT2D eigenvalue weighted by Gasteiger charge is -2.24. The number of nitrogens with one attached hydrogen (secondary N) is 1. The van der Waals surface area contributed by atoms with Gasteiger partial charge < -0.3 is 15.4 Å². The van der Waals surface area contributed by atoms with Crippen molar-refractivity contribution in [2.75, 3.05) is 20.2 Å². The molecule has 0 saturated heterocycles.